The second-order valence-corrected chi connectivity index (χ2v) is 3.21. The van der Waals surface area contributed by atoms with Crippen molar-refractivity contribution < 1.29 is 14.3 Å². The lowest BCUT2D eigenvalue weighted by molar-refractivity contribution is -0.140. The fraction of sp³-hybridized carbons (Fsp3) is 0.444. The zero-order valence-corrected chi connectivity index (χ0v) is 9.74. The van der Waals surface area contributed by atoms with E-state index in [2.05, 4.69) is 20.0 Å². The van der Waals surface area contributed by atoms with Crippen LogP contribution in [0.25, 0.3) is 0 Å². The highest BCUT2D eigenvalue weighted by molar-refractivity contribution is 6.32. The predicted octanol–water partition coefficient (Wildman–Crippen LogP) is 1.11. The average molecular weight is 246 g/mol. The third kappa shape index (κ3) is 3.54. The van der Waals surface area contributed by atoms with Gasteiger partial charge in [-0.2, -0.15) is 4.98 Å². The van der Waals surface area contributed by atoms with Gasteiger partial charge < -0.3 is 14.8 Å². The third-order valence-electron chi connectivity index (χ3n) is 1.75. The van der Waals surface area contributed by atoms with Gasteiger partial charge in [0.05, 0.1) is 26.8 Å². The van der Waals surface area contributed by atoms with Crippen LogP contribution in [-0.2, 0) is 9.53 Å². The lowest BCUT2D eigenvalue weighted by Gasteiger charge is -2.07. The van der Waals surface area contributed by atoms with Gasteiger partial charge in [-0.05, 0) is 0 Å². The van der Waals surface area contributed by atoms with E-state index in [-0.39, 0.29) is 18.4 Å². The second-order valence-electron chi connectivity index (χ2n) is 2.81. The van der Waals surface area contributed by atoms with Crippen molar-refractivity contribution in [2.45, 2.75) is 6.42 Å². The van der Waals surface area contributed by atoms with Crippen LogP contribution < -0.4 is 10.1 Å². The molecule has 1 N–H and O–H groups in total. The first kappa shape index (κ1) is 12.5. The molecule has 0 aliphatic rings. The van der Waals surface area contributed by atoms with E-state index in [4.69, 9.17) is 16.3 Å². The Morgan fingerprint density at radius 3 is 2.94 bits per heavy atom. The minimum atomic E-state index is -0.301. The molecule has 0 amide bonds. The van der Waals surface area contributed by atoms with E-state index in [9.17, 15) is 4.79 Å². The van der Waals surface area contributed by atoms with E-state index in [0.717, 1.165) is 0 Å². The van der Waals surface area contributed by atoms with Crippen LogP contribution in [0.5, 0.6) is 6.01 Å². The van der Waals surface area contributed by atoms with Crippen LogP contribution in [-0.4, -0.2) is 36.7 Å². The van der Waals surface area contributed by atoms with Gasteiger partial charge in [0.1, 0.15) is 5.02 Å². The summed E-state index contributed by atoms with van der Waals surface area (Å²) >= 11 is 5.84. The maximum absolute atomic E-state index is 10.9. The first-order valence-electron chi connectivity index (χ1n) is 4.54. The van der Waals surface area contributed by atoms with Gasteiger partial charge in [0.25, 0.3) is 0 Å². The summed E-state index contributed by atoms with van der Waals surface area (Å²) in [6, 6.07) is 0.213. The minimum Gasteiger partial charge on any atom is -0.469 e. The van der Waals surface area contributed by atoms with Gasteiger partial charge in [0.15, 0.2) is 5.82 Å². The maximum Gasteiger partial charge on any atom is 0.318 e. The Labute approximate surface area is 97.9 Å². The van der Waals surface area contributed by atoms with Crippen molar-refractivity contribution >= 4 is 23.4 Å². The summed E-state index contributed by atoms with van der Waals surface area (Å²) in [6.07, 6.45) is 1.66. The van der Waals surface area contributed by atoms with Gasteiger partial charge in [0, 0.05) is 6.54 Å². The Hall–Kier alpha value is -1.56. The van der Waals surface area contributed by atoms with Crippen molar-refractivity contribution in [3.05, 3.63) is 11.2 Å². The van der Waals surface area contributed by atoms with Crippen LogP contribution in [0.4, 0.5) is 5.82 Å². The first-order valence-corrected chi connectivity index (χ1v) is 4.92. The van der Waals surface area contributed by atoms with E-state index in [0.29, 0.717) is 17.4 Å². The molecule has 0 aliphatic heterocycles. The number of carbonyl (C=O) groups excluding carboxylic acids is 1. The molecular formula is C9H12ClN3O3. The number of aromatic nitrogens is 2. The summed E-state index contributed by atoms with van der Waals surface area (Å²) in [4.78, 5) is 18.7. The molecule has 1 aromatic heterocycles. The van der Waals surface area contributed by atoms with E-state index in [1.165, 1.54) is 20.4 Å². The molecule has 0 aliphatic carbocycles. The largest absolute Gasteiger partial charge is 0.469 e. The van der Waals surface area contributed by atoms with Crippen LogP contribution >= 0.6 is 11.6 Å². The number of methoxy groups -OCH3 is 2. The van der Waals surface area contributed by atoms with Crippen LogP contribution in [0.3, 0.4) is 0 Å². The van der Waals surface area contributed by atoms with Crippen molar-refractivity contribution in [1.82, 2.24) is 9.97 Å². The zero-order chi connectivity index (χ0) is 12.0. The number of carbonyl (C=O) groups is 1. The van der Waals surface area contributed by atoms with Gasteiger partial charge in [-0.15, -0.1) is 0 Å². The maximum atomic E-state index is 10.9. The van der Waals surface area contributed by atoms with Gasteiger partial charge >= 0.3 is 12.0 Å². The molecule has 0 aromatic carbocycles. The third-order valence-corrected chi connectivity index (χ3v) is 2.03. The van der Waals surface area contributed by atoms with E-state index < -0.39 is 0 Å². The van der Waals surface area contributed by atoms with Crippen molar-refractivity contribution in [2.24, 2.45) is 0 Å². The standard InChI is InChI=1S/C9H12ClN3O3/c1-15-7(14)3-4-11-8-6(10)5-12-9(13-8)16-2/h5H,3-4H2,1-2H3,(H,11,12,13). The van der Waals surface area contributed by atoms with Crippen molar-refractivity contribution in [3.63, 3.8) is 0 Å². The van der Waals surface area contributed by atoms with Crippen molar-refractivity contribution in [1.29, 1.82) is 0 Å². The molecule has 0 unspecified atom stereocenters. The van der Waals surface area contributed by atoms with Gasteiger partial charge in [0.2, 0.25) is 0 Å². The fourth-order valence-electron chi connectivity index (χ4n) is 0.958. The van der Waals surface area contributed by atoms with Crippen molar-refractivity contribution in [3.8, 4) is 6.01 Å². The molecule has 0 saturated heterocycles. The molecule has 6 nitrogen and oxygen atoms in total. The molecule has 0 saturated carbocycles. The molecule has 1 aromatic rings. The lowest BCUT2D eigenvalue weighted by Crippen LogP contribution is -2.11. The number of ether oxygens (including phenoxy) is 2. The minimum absolute atomic E-state index is 0.213. The number of nitrogens with zero attached hydrogens (tertiary/aromatic N) is 2. The topological polar surface area (TPSA) is 73.3 Å². The molecule has 0 spiro atoms. The number of esters is 1. The van der Waals surface area contributed by atoms with Gasteiger partial charge in [-0.1, -0.05) is 11.6 Å². The molecule has 0 radical (unpaired) electrons. The molecule has 16 heavy (non-hydrogen) atoms. The number of hydrogen-bond acceptors (Lipinski definition) is 6. The highest BCUT2D eigenvalue weighted by Crippen LogP contribution is 2.19. The number of nitrogens with one attached hydrogen (secondary N) is 1. The number of hydrogen-bond donors (Lipinski definition) is 1. The van der Waals surface area contributed by atoms with Crippen LogP contribution in [0.1, 0.15) is 6.42 Å². The average Bonchev–Trinajstić information content (AvgIpc) is 2.31. The first-order chi connectivity index (χ1) is 7.67. The number of anilines is 1. The summed E-state index contributed by atoms with van der Waals surface area (Å²) in [5, 5.41) is 3.26. The van der Waals surface area contributed by atoms with Gasteiger partial charge in [-0.25, -0.2) is 4.98 Å². The highest BCUT2D eigenvalue weighted by atomic mass is 35.5. The molecule has 0 fully saturated rings. The highest BCUT2D eigenvalue weighted by Gasteiger charge is 2.06. The Morgan fingerprint density at radius 1 is 1.56 bits per heavy atom. The lowest BCUT2D eigenvalue weighted by atomic mass is 10.4. The molecule has 0 bridgehead atoms. The monoisotopic (exact) mass is 245 g/mol. The van der Waals surface area contributed by atoms with E-state index in [1.807, 2.05) is 0 Å². The molecule has 1 heterocycles. The molecule has 88 valence electrons. The zero-order valence-electron chi connectivity index (χ0n) is 8.99. The molecule has 7 heteroatoms. The Morgan fingerprint density at radius 2 is 2.31 bits per heavy atom. The number of halogens is 1. The van der Waals surface area contributed by atoms with E-state index in [1.54, 1.807) is 0 Å². The van der Waals surface area contributed by atoms with Crippen molar-refractivity contribution in [2.75, 3.05) is 26.1 Å². The smallest absolute Gasteiger partial charge is 0.318 e. The summed E-state index contributed by atoms with van der Waals surface area (Å²) < 4.78 is 9.34. The molecule has 0 atom stereocenters. The Kier molecular flexibility index (Phi) is 4.78. The SMILES string of the molecule is COC(=O)CCNc1nc(OC)ncc1Cl. The number of rotatable bonds is 5. The second kappa shape index (κ2) is 6.12. The van der Waals surface area contributed by atoms with E-state index >= 15 is 0 Å². The Balaban J connectivity index is 2.55. The summed E-state index contributed by atoms with van der Waals surface area (Å²) in [7, 11) is 2.80. The summed E-state index contributed by atoms with van der Waals surface area (Å²) in [5.41, 5.74) is 0. The summed E-state index contributed by atoms with van der Waals surface area (Å²) in [6.45, 7) is 0.382. The fourth-order valence-corrected chi connectivity index (χ4v) is 1.12. The molecule has 1 rings (SSSR count). The quantitative estimate of drug-likeness (QED) is 0.784. The molecular weight excluding hydrogens is 234 g/mol. The van der Waals surface area contributed by atoms with Gasteiger partial charge in [-0.3, -0.25) is 4.79 Å². The van der Waals surface area contributed by atoms with Crippen LogP contribution in [0.15, 0.2) is 6.20 Å². The Bertz CT molecular complexity index is 373. The normalized spacial score (nSPS) is 9.69. The summed E-state index contributed by atoms with van der Waals surface area (Å²) in [5.74, 6) is 0.127. The van der Waals surface area contributed by atoms with Crippen LogP contribution in [0, 0.1) is 0 Å². The van der Waals surface area contributed by atoms with Crippen LogP contribution in [0.2, 0.25) is 5.02 Å². The predicted molar refractivity (Wildman–Crippen MR) is 58.7 cm³/mol.